The largest absolute Gasteiger partial charge is 0.468 e. The van der Waals surface area contributed by atoms with Gasteiger partial charge in [-0.25, -0.2) is 13.1 Å². The molecular weight excluding hydrogens is 278 g/mol. The lowest BCUT2D eigenvalue weighted by Gasteiger charge is -2.10. The quantitative estimate of drug-likeness (QED) is 0.844. The molecule has 0 radical (unpaired) electrons. The molecule has 0 saturated carbocycles. The second kappa shape index (κ2) is 5.82. The van der Waals surface area contributed by atoms with E-state index in [1.54, 1.807) is 35.9 Å². The van der Waals surface area contributed by atoms with Gasteiger partial charge in [0.15, 0.2) is 0 Å². The van der Waals surface area contributed by atoms with E-state index in [-0.39, 0.29) is 4.90 Å². The van der Waals surface area contributed by atoms with Crippen molar-refractivity contribution in [3.8, 4) is 0 Å². The van der Waals surface area contributed by atoms with Gasteiger partial charge in [-0.3, -0.25) is 0 Å². The molecular formula is C13H19N3O3S. The molecule has 0 amide bonds. The lowest BCUT2D eigenvalue weighted by Crippen LogP contribution is -2.26. The lowest BCUT2D eigenvalue weighted by atomic mass is 10.3. The van der Waals surface area contributed by atoms with Crippen molar-refractivity contribution >= 4 is 10.0 Å². The van der Waals surface area contributed by atoms with Crippen molar-refractivity contribution < 1.29 is 12.8 Å². The van der Waals surface area contributed by atoms with Crippen LogP contribution in [-0.2, 0) is 23.6 Å². The van der Waals surface area contributed by atoms with E-state index in [1.807, 2.05) is 14.1 Å². The van der Waals surface area contributed by atoms with Gasteiger partial charge in [-0.2, -0.15) is 0 Å². The minimum atomic E-state index is -3.56. The Morgan fingerprint density at radius 1 is 1.45 bits per heavy atom. The smallest absolute Gasteiger partial charge is 0.242 e. The second-order valence-corrected chi connectivity index (χ2v) is 6.38. The Balaban J connectivity index is 2.20. The number of hydrogen-bond acceptors (Lipinski definition) is 4. The number of rotatable bonds is 6. The van der Waals surface area contributed by atoms with Crippen molar-refractivity contribution in [3.63, 3.8) is 0 Å². The molecule has 1 atom stereocenters. The summed E-state index contributed by atoms with van der Waals surface area (Å²) in [4.78, 5) is 0.253. The van der Waals surface area contributed by atoms with Crippen LogP contribution in [0.4, 0.5) is 0 Å². The number of aryl methyl sites for hydroxylation is 1. The average Bonchev–Trinajstić information content (AvgIpc) is 3.00. The van der Waals surface area contributed by atoms with Gasteiger partial charge in [0.1, 0.15) is 5.76 Å². The van der Waals surface area contributed by atoms with Crippen LogP contribution in [0.3, 0.4) is 0 Å². The molecule has 2 aromatic rings. The van der Waals surface area contributed by atoms with Crippen LogP contribution < -0.4 is 10.0 Å². The van der Waals surface area contributed by atoms with Crippen molar-refractivity contribution in [1.29, 1.82) is 0 Å². The van der Waals surface area contributed by atoms with Gasteiger partial charge in [0.25, 0.3) is 0 Å². The fourth-order valence-electron chi connectivity index (χ4n) is 1.98. The molecule has 110 valence electrons. The molecule has 2 N–H and O–H groups in total. The zero-order valence-corrected chi connectivity index (χ0v) is 12.6. The highest BCUT2D eigenvalue weighted by molar-refractivity contribution is 7.89. The number of furan rings is 1. The van der Waals surface area contributed by atoms with Gasteiger partial charge < -0.3 is 14.3 Å². The third kappa shape index (κ3) is 3.12. The number of aromatic nitrogens is 1. The Bertz CT molecular complexity index is 659. The predicted octanol–water partition coefficient (Wildman–Crippen LogP) is 1.38. The SMILES string of the molecule is CNCc1cc(S(=O)(=O)NC(C)c2ccco2)cn1C. The van der Waals surface area contributed by atoms with Crippen LogP contribution in [0.25, 0.3) is 0 Å². The fourth-order valence-corrected chi connectivity index (χ4v) is 3.28. The third-order valence-corrected chi connectivity index (χ3v) is 4.56. The van der Waals surface area contributed by atoms with Crippen molar-refractivity contribution in [2.24, 2.45) is 7.05 Å². The van der Waals surface area contributed by atoms with E-state index in [0.29, 0.717) is 12.3 Å². The number of nitrogens with zero attached hydrogens (tertiary/aromatic N) is 1. The van der Waals surface area contributed by atoms with Gasteiger partial charge in [-0.15, -0.1) is 0 Å². The lowest BCUT2D eigenvalue weighted by molar-refractivity contribution is 0.459. The van der Waals surface area contributed by atoms with Gasteiger partial charge in [-0.1, -0.05) is 0 Å². The topological polar surface area (TPSA) is 76.3 Å². The first-order chi connectivity index (χ1) is 9.44. The van der Waals surface area contributed by atoms with E-state index in [0.717, 1.165) is 5.69 Å². The molecule has 0 aliphatic carbocycles. The molecule has 0 saturated heterocycles. The molecule has 7 heteroatoms. The van der Waals surface area contributed by atoms with Gasteiger partial charge in [-0.05, 0) is 32.2 Å². The second-order valence-electron chi connectivity index (χ2n) is 4.67. The zero-order valence-electron chi connectivity index (χ0n) is 11.8. The van der Waals surface area contributed by atoms with Crippen LogP contribution in [0.2, 0.25) is 0 Å². The first-order valence-corrected chi connectivity index (χ1v) is 7.78. The van der Waals surface area contributed by atoms with E-state index in [9.17, 15) is 8.42 Å². The first kappa shape index (κ1) is 14.8. The Morgan fingerprint density at radius 2 is 2.20 bits per heavy atom. The minimum Gasteiger partial charge on any atom is -0.468 e. The maximum absolute atomic E-state index is 12.3. The Hall–Kier alpha value is -1.57. The minimum absolute atomic E-state index is 0.253. The normalized spacial score (nSPS) is 13.6. The summed E-state index contributed by atoms with van der Waals surface area (Å²) in [5.74, 6) is 0.583. The van der Waals surface area contributed by atoms with Crippen molar-refractivity contribution in [2.75, 3.05) is 7.05 Å². The average molecular weight is 297 g/mol. The third-order valence-electron chi connectivity index (χ3n) is 3.05. The van der Waals surface area contributed by atoms with Gasteiger partial charge in [0.2, 0.25) is 10.0 Å². The summed E-state index contributed by atoms with van der Waals surface area (Å²) in [6.45, 7) is 2.35. The molecule has 2 heterocycles. The summed E-state index contributed by atoms with van der Waals surface area (Å²) < 4.78 is 34.2. The van der Waals surface area contributed by atoms with E-state index in [4.69, 9.17) is 4.42 Å². The van der Waals surface area contributed by atoms with E-state index in [2.05, 4.69) is 10.0 Å². The van der Waals surface area contributed by atoms with Crippen LogP contribution in [0.1, 0.15) is 24.4 Å². The summed E-state index contributed by atoms with van der Waals surface area (Å²) in [5, 5.41) is 3.00. The Kier molecular flexibility index (Phi) is 4.32. The number of nitrogens with one attached hydrogen (secondary N) is 2. The highest BCUT2D eigenvalue weighted by atomic mass is 32.2. The molecule has 0 aliphatic rings. The van der Waals surface area contributed by atoms with Crippen molar-refractivity contribution in [2.45, 2.75) is 24.4 Å². The Morgan fingerprint density at radius 3 is 2.80 bits per heavy atom. The van der Waals surface area contributed by atoms with E-state index in [1.165, 1.54) is 6.26 Å². The summed E-state index contributed by atoms with van der Waals surface area (Å²) in [7, 11) is 0.0748. The molecule has 0 aliphatic heterocycles. The molecule has 6 nitrogen and oxygen atoms in total. The highest BCUT2D eigenvalue weighted by Crippen LogP contribution is 2.18. The van der Waals surface area contributed by atoms with Crippen molar-refractivity contribution in [3.05, 3.63) is 42.1 Å². The van der Waals surface area contributed by atoms with Crippen molar-refractivity contribution in [1.82, 2.24) is 14.6 Å². The van der Waals surface area contributed by atoms with Gasteiger partial charge in [0.05, 0.1) is 17.2 Å². The Labute approximate surface area is 118 Å². The zero-order chi connectivity index (χ0) is 14.8. The number of sulfonamides is 1. The van der Waals surface area contributed by atoms with E-state index >= 15 is 0 Å². The maximum atomic E-state index is 12.3. The summed E-state index contributed by atoms with van der Waals surface area (Å²) >= 11 is 0. The standard InChI is InChI=1S/C13H19N3O3S/c1-10(13-5-4-6-19-13)15-20(17,18)12-7-11(8-14-2)16(3)9-12/h4-7,9-10,14-15H,8H2,1-3H3. The van der Waals surface area contributed by atoms with Crippen LogP contribution in [0.5, 0.6) is 0 Å². The molecule has 2 aromatic heterocycles. The number of hydrogen-bond donors (Lipinski definition) is 2. The molecule has 1 unspecified atom stereocenters. The molecule has 0 spiro atoms. The molecule has 20 heavy (non-hydrogen) atoms. The first-order valence-electron chi connectivity index (χ1n) is 6.29. The fraction of sp³-hybridized carbons (Fsp3) is 0.385. The van der Waals surface area contributed by atoms with Crippen LogP contribution in [0, 0.1) is 0 Å². The van der Waals surface area contributed by atoms with Gasteiger partial charge >= 0.3 is 0 Å². The summed E-state index contributed by atoms with van der Waals surface area (Å²) in [6.07, 6.45) is 3.12. The van der Waals surface area contributed by atoms with Crippen LogP contribution in [-0.4, -0.2) is 20.0 Å². The summed E-state index contributed by atoms with van der Waals surface area (Å²) in [6, 6.07) is 4.72. The molecule has 0 fully saturated rings. The molecule has 0 aromatic carbocycles. The van der Waals surface area contributed by atoms with Gasteiger partial charge in [0, 0.05) is 25.5 Å². The highest BCUT2D eigenvalue weighted by Gasteiger charge is 2.21. The maximum Gasteiger partial charge on any atom is 0.242 e. The molecule has 2 rings (SSSR count). The summed E-state index contributed by atoms with van der Waals surface area (Å²) in [5.41, 5.74) is 0.901. The van der Waals surface area contributed by atoms with Crippen LogP contribution >= 0.6 is 0 Å². The van der Waals surface area contributed by atoms with Crippen LogP contribution in [0.15, 0.2) is 40.0 Å². The monoisotopic (exact) mass is 297 g/mol. The predicted molar refractivity (Wildman–Crippen MR) is 75.6 cm³/mol. The molecule has 0 bridgehead atoms. The van der Waals surface area contributed by atoms with E-state index < -0.39 is 16.1 Å².